The number of aliphatic carboxylic acids is 1. The van der Waals surface area contributed by atoms with Crippen molar-refractivity contribution in [3.63, 3.8) is 0 Å². The summed E-state index contributed by atoms with van der Waals surface area (Å²) in [7, 11) is 0. The summed E-state index contributed by atoms with van der Waals surface area (Å²) in [4.78, 5) is 16.2. The summed E-state index contributed by atoms with van der Waals surface area (Å²) in [5, 5.41) is 12.5. The molecule has 1 heterocycles. The van der Waals surface area contributed by atoms with Crippen LogP contribution in [0.5, 0.6) is 0 Å². The van der Waals surface area contributed by atoms with E-state index in [2.05, 4.69) is 29.0 Å². The summed E-state index contributed by atoms with van der Waals surface area (Å²) in [6, 6.07) is 0. The van der Waals surface area contributed by atoms with E-state index in [1.165, 1.54) is 0 Å². The molecule has 1 atom stereocenters. The van der Waals surface area contributed by atoms with E-state index < -0.39 is 11.5 Å². The van der Waals surface area contributed by atoms with E-state index in [1.807, 2.05) is 0 Å². The fourth-order valence-electron chi connectivity index (χ4n) is 2.38. The summed E-state index contributed by atoms with van der Waals surface area (Å²) in [5.41, 5.74) is -0.794. The molecular formula is C14H29N3O2. The van der Waals surface area contributed by atoms with E-state index >= 15 is 0 Å². The number of nitrogens with one attached hydrogen (secondary N) is 1. The van der Waals surface area contributed by atoms with Gasteiger partial charge < -0.3 is 20.2 Å². The summed E-state index contributed by atoms with van der Waals surface area (Å²) in [6.07, 6.45) is 1.62. The van der Waals surface area contributed by atoms with E-state index in [0.29, 0.717) is 6.42 Å². The third-order valence-electron chi connectivity index (χ3n) is 4.08. The van der Waals surface area contributed by atoms with E-state index in [1.54, 1.807) is 6.92 Å². The summed E-state index contributed by atoms with van der Waals surface area (Å²) in [6.45, 7) is 13.1. The molecule has 5 heteroatoms. The van der Waals surface area contributed by atoms with Gasteiger partial charge in [0.15, 0.2) is 0 Å². The lowest BCUT2D eigenvalue weighted by Gasteiger charge is -2.36. The van der Waals surface area contributed by atoms with Crippen LogP contribution in [0.1, 0.15) is 33.6 Å². The Bertz CT molecular complexity index is 278. The van der Waals surface area contributed by atoms with Crippen LogP contribution in [0.25, 0.3) is 0 Å². The van der Waals surface area contributed by atoms with Crippen molar-refractivity contribution in [3.05, 3.63) is 0 Å². The Morgan fingerprint density at radius 3 is 2.26 bits per heavy atom. The highest BCUT2D eigenvalue weighted by atomic mass is 16.4. The van der Waals surface area contributed by atoms with E-state index in [0.717, 1.165) is 52.2 Å². The molecular weight excluding hydrogens is 242 g/mol. The highest BCUT2D eigenvalue weighted by Gasteiger charge is 2.32. The fourth-order valence-corrected chi connectivity index (χ4v) is 2.38. The SMILES string of the molecule is CCCNC(C)(CCN1CCN(CC)CC1)C(=O)O. The second-order valence-electron chi connectivity index (χ2n) is 5.59. The third kappa shape index (κ3) is 5.09. The van der Waals surface area contributed by atoms with Crippen molar-refractivity contribution >= 4 is 5.97 Å². The second-order valence-corrected chi connectivity index (χ2v) is 5.59. The van der Waals surface area contributed by atoms with Crippen molar-refractivity contribution in [2.45, 2.75) is 39.2 Å². The van der Waals surface area contributed by atoms with Gasteiger partial charge in [-0.1, -0.05) is 13.8 Å². The molecule has 0 aromatic heterocycles. The molecule has 19 heavy (non-hydrogen) atoms. The van der Waals surface area contributed by atoms with Gasteiger partial charge in [-0.15, -0.1) is 0 Å². The van der Waals surface area contributed by atoms with Gasteiger partial charge >= 0.3 is 5.97 Å². The Kier molecular flexibility index (Phi) is 6.75. The van der Waals surface area contributed by atoms with Gasteiger partial charge in [0.2, 0.25) is 0 Å². The van der Waals surface area contributed by atoms with Crippen molar-refractivity contribution in [3.8, 4) is 0 Å². The number of rotatable bonds is 8. The molecule has 0 aliphatic carbocycles. The van der Waals surface area contributed by atoms with Gasteiger partial charge in [0.05, 0.1) is 0 Å². The molecule has 1 aliphatic rings. The highest BCUT2D eigenvalue weighted by molar-refractivity contribution is 5.78. The molecule has 0 aromatic carbocycles. The lowest BCUT2D eigenvalue weighted by Crippen LogP contribution is -2.53. The molecule has 0 saturated carbocycles. The summed E-state index contributed by atoms with van der Waals surface area (Å²) < 4.78 is 0. The first-order valence-corrected chi connectivity index (χ1v) is 7.45. The van der Waals surface area contributed by atoms with Crippen LogP contribution in [0.4, 0.5) is 0 Å². The smallest absolute Gasteiger partial charge is 0.323 e. The number of likely N-dealkylation sites (N-methyl/N-ethyl adjacent to an activating group) is 1. The molecule has 1 saturated heterocycles. The predicted molar refractivity (Wildman–Crippen MR) is 77.5 cm³/mol. The van der Waals surface area contributed by atoms with Crippen LogP contribution in [-0.4, -0.2) is 72.2 Å². The monoisotopic (exact) mass is 271 g/mol. The van der Waals surface area contributed by atoms with Gasteiger partial charge in [-0.25, -0.2) is 0 Å². The molecule has 0 radical (unpaired) electrons. The van der Waals surface area contributed by atoms with Gasteiger partial charge in [0.1, 0.15) is 5.54 Å². The molecule has 1 fully saturated rings. The zero-order chi connectivity index (χ0) is 14.3. The van der Waals surface area contributed by atoms with E-state index in [9.17, 15) is 9.90 Å². The van der Waals surface area contributed by atoms with Crippen LogP contribution < -0.4 is 5.32 Å². The molecule has 1 unspecified atom stereocenters. The maximum Gasteiger partial charge on any atom is 0.323 e. The van der Waals surface area contributed by atoms with Gasteiger partial charge in [0, 0.05) is 32.7 Å². The lowest BCUT2D eigenvalue weighted by atomic mass is 9.97. The zero-order valence-electron chi connectivity index (χ0n) is 12.6. The fraction of sp³-hybridized carbons (Fsp3) is 0.929. The van der Waals surface area contributed by atoms with Crippen LogP contribution >= 0.6 is 0 Å². The predicted octanol–water partition coefficient (Wildman–Crippen LogP) is 0.857. The van der Waals surface area contributed by atoms with Crippen molar-refractivity contribution in [1.29, 1.82) is 0 Å². The Labute approximate surface area is 117 Å². The third-order valence-corrected chi connectivity index (χ3v) is 4.08. The van der Waals surface area contributed by atoms with Crippen LogP contribution in [0.2, 0.25) is 0 Å². The Morgan fingerprint density at radius 1 is 1.21 bits per heavy atom. The molecule has 0 aromatic rings. The highest BCUT2D eigenvalue weighted by Crippen LogP contribution is 2.12. The first-order valence-electron chi connectivity index (χ1n) is 7.45. The Morgan fingerprint density at radius 2 is 1.79 bits per heavy atom. The molecule has 1 rings (SSSR count). The molecule has 5 nitrogen and oxygen atoms in total. The van der Waals surface area contributed by atoms with Crippen LogP contribution in [0.15, 0.2) is 0 Å². The number of hydrogen-bond donors (Lipinski definition) is 2. The molecule has 0 bridgehead atoms. The maximum absolute atomic E-state index is 11.4. The zero-order valence-corrected chi connectivity index (χ0v) is 12.6. The minimum atomic E-state index is -0.794. The van der Waals surface area contributed by atoms with Crippen LogP contribution in [0, 0.1) is 0 Å². The minimum absolute atomic E-state index is 0.661. The van der Waals surface area contributed by atoms with Gasteiger partial charge in [-0.3, -0.25) is 4.79 Å². The van der Waals surface area contributed by atoms with E-state index in [4.69, 9.17) is 0 Å². The molecule has 1 aliphatic heterocycles. The number of carboxylic acid groups (broad SMARTS) is 1. The topological polar surface area (TPSA) is 55.8 Å². The molecule has 112 valence electrons. The molecule has 0 amide bonds. The standard InChI is InChI=1S/C14H29N3O2/c1-4-7-15-14(3,13(18)19)6-8-17-11-9-16(5-2)10-12-17/h15H,4-12H2,1-3H3,(H,18,19). The Balaban J connectivity index is 2.38. The Hall–Kier alpha value is -0.650. The van der Waals surface area contributed by atoms with Gasteiger partial charge in [-0.05, 0) is 32.9 Å². The second kappa shape index (κ2) is 7.82. The van der Waals surface area contributed by atoms with Gasteiger partial charge in [0.25, 0.3) is 0 Å². The molecule has 2 N–H and O–H groups in total. The summed E-state index contributed by atoms with van der Waals surface area (Å²) >= 11 is 0. The first kappa shape index (κ1) is 16.4. The molecule has 0 spiro atoms. The quantitative estimate of drug-likeness (QED) is 0.686. The maximum atomic E-state index is 11.4. The van der Waals surface area contributed by atoms with E-state index in [-0.39, 0.29) is 0 Å². The lowest BCUT2D eigenvalue weighted by molar-refractivity contribution is -0.144. The number of nitrogens with zero attached hydrogens (tertiary/aromatic N) is 2. The van der Waals surface area contributed by atoms with Crippen LogP contribution in [-0.2, 0) is 4.79 Å². The average Bonchev–Trinajstić information content (AvgIpc) is 2.43. The van der Waals surface area contributed by atoms with Gasteiger partial charge in [-0.2, -0.15) is 0 Å². The van der Waals surface area contributed by atoms with Crippen molar-refractivity contribution < 1.29 is 9.90 Å². The van der Waals surface area contributed by atoms with Crippen molar-refractivity contribution in [2.24, 2.45) is 0 Å². The van der Waals surface area contributed by atoms with Crippen LogP contribution in [0.3, 0.4) is 0 Å². The number of piperazine rings is 1. The van der Waals surface area contributed by atoms with Crippen molar-refractivity contribution in [2.75, 3.05) is 45.8 Å². The number of carbonyl (C=O) groups is 1. The summed E-state index contributed by atoms with van der Waals surface area (Å²) in [5.74, 6) is -0.742. The minimum Gasteiger partial charge on any atom is -0.480 e. The normalized spacial score (nSPS) is 21.2. The van der Waals surface area contributed by atoms with Crippen molar-refractivity contribution in [1.82, 2.24) is 15.1 Å². The first-order chi connectivity index (χ1) is 9.01. The number of carboxylic acids is 1. The largest absolute Gasteiger partial charge is 0.480 e. The average molecular weight is 271 g/mol. The number of hydrogen-bond acceptors (Lipinski definition) is 4.